The van der Waals surface area contributed by atoms with Crippen molar-refractivity contribution >= 4 is 17.9 Å². The first-order valence-corrected chi connectivity index (χ1v) is 10.8. The van der Waals surface area contributed by atoms with Gasteiger partial charge in [0, 0.05) is 5.56 Å². The van der Waals surface area contributed by atoms with Crippen molar-refractivity contribution in [1.82, 2.24) is 0 Å². The van der Waals surface area contributed by atoms with Crippen LogP contribution in [-0.2, 0) is 6.42 Å². The molecule has 0 radical (unpaired) electrons. The Balaban J connectivity index is 1.90. The van der Waals surface area contributed by atoms with Gasteiger partial charge in [0.2, 0.25) is 5.75 Å². The molecule has 0 unspecified atom stereocenters. The summed E-state index contributed by atoms with van der Waals surface area (Å²) in [6.45, 7) is 0. The Morgan fingerprint density at radius 1 is 0.800 bits per heavy atom. The quantitative estimate of drug-likeness (QED) is 0.233. The number of hydrogen-bond donors (Lipinski definition) is 2. The van der Waals surface area contributed by atoms with E-state index in [-0.39, 0.29) is 17.3 Å². The molecule has 35 heavy (non-hydrogen) atoms. The van der Waals surface area contributed by atoms with E-state index in [2.05, 4.69) is 0 Å². The lowest BCUT2D eigenvalue weighted by Crippen LogP contribution is -1.96. The lowest BCUT2D eigenvalue weighted by molar-refractivity contribution is 0.104. The van der Waals surface area contributed by atoms with Crippen LogP contribution in [0.3, 0.4) is 0 Å². The molecule has 0 aliphatic carbocycles. The van der Waals surface area contributed by atoms with E-state index in [1.54, 1.807) is 51.7 Å². The van der Waals surface area contributed by atoms with Crippen LogP contribution in [0, 0.1) is 0 Å². The van der Waals surface area contributed by atoms with E-state index in [4.69, 9.17) is 18.9 Å². The smallest absolute Gasteiger partial charge is 0.203 e. The number of rotatable bonds is 10. The van der Waals surface area contributed by atoms with Crippen LogP contribution in [0.1, 0.15) is 27.0 Å². The Hall–Kier alpha value is -4.39. The normalized spacial score (nSPS) is 11.1. The number of carbonyl (C=O) groups excluding carboxylic acids is 1. The summed E-state index contributed by atoms with van der Waals surface area (Å²) in [6.07, 6.45) is 7.37. The Morgan fingerprint density at radius 2 is 1.43 bits per heavy atom. The van der Waals surface area contributed by atoms with Crippen molar-refractivity contribution < 1.29 is 34.0 Å². The molecule has 0 aromatic heterocycles. The number of phenolic OH excluding ortho intramolecular Hbond substituents is 2. The summed E-state index contributed by atoms with van der Waals surface area (Å²) in [7, 11) is 6.13. The lowest BCUT2D eigenvalue weighted by Gasteiger charge is -2.13. The fourth-order valence-electron chi connectivity index (χ4n) is 3.52. The molecule has 7 nitrogen and oxygen atoms in total. The first-order chi connectivity index (χ1) is 16.9. The predicted octanol–water partition coefficient (Wildman–Crippen LogP) is 5.28. The van der Waals surface area contributed by atoms with Gasteiger partial charge in [0.05, 0.1) is 28.4 Å². The molecule has 3 aromatic carbocycles. The number of phenols is 2. The van der Waals surface area contributed by atoms with Gasteiger partial charge in [0.1, 0.15) is 5.75 Å². The van der Waals surface area contributed by atoms with Crippen molar-refractivity contribution in [2.75, 3.05) is 28.4 Å². The summed E-state index contributed by atoms with van der Waals surface area (Å²) in [5.74, 6) is 1.82. The molecule has 0 fully saturated rings. The van der Waals surface area contributed by atoms with Crippen LogP contribution in [0.4, 0.5) is 0 Å². The summed E-state index contributed by atoms with van der Waals surface area (Å²) >= 11 is 0. The molecule has 0 spiro atoms. The van der Waals surface area contributed by atoms with Gasteiger partial charge in [0.25, 0.3) is 0 Å². The van der Waals surface area contributed by atoms with Gasteiger partial charge in [-0.3, -0.25) is 4.79 Å². The molecule has 3 aromatic rings. The molecule has 0 heterocycles. The van der Waals surface area contributed by atoms with Gasteiger partial charge in [-0.05, 0) is 77.7 Å². The zero-order valence-corrected chi connectivity index (χ0v) is 20.1. The number of carbonyl (C=O) groups is 1. The number of benzene rings is 3. The summed E-state index contributed by atoms with van der Waals surface area (Å²) in [4.78, 5) is 12.4. The van der Waals surface area contributed by atoms with Crippen molar-refractivity contribution in [1.29, 1.82) is 0 Å². The second-order valence-electron chi connectivity index (χ2n) is 7.53. The maximum Gasteiger partial charge on any atom is 0.203 e. The van der Waals surface area contributed by atoms with Gasteiger partial charge >= 0.3 is 0 Å². The first kappa shape index (κ1) is 25.2. The SMILES string of the molecule is COc1cc(C/C=C\C(=O)c2ccc(O)cc2)c(/C=C\c2cc(OC)c(OC)c(OC)c2)cc1O. The van der Waals surface area contributed by atoms with Crippen LogP contribution in [0.15, 0.2) is 60.7 Å². The van der Waals surface area contributed by atoms with Crippen LogP contribution < -0.4 is 18.9 Å². The standard InChI is InChI=1S/C28H28O7/c1-32-25-17-20(6-5-7-23(30)19-10-12-22(29)13-11-19)21(16-24(25)31)9-8-18-14-26(33-2)28(35-4)27(15-18)34-3/h5,7-17,29,31H,6H2,1-4H3/b7-5-,9-8-. The van der Waals surface area contributed by atoms with E-state index in [0.717, 1.165) is 16.7 Å². The van der Waals surface area contributed by atoms with Gasteiger partial charge < -0.3 is 29.2 Å². The van der Waals surface area contributed by atoms with Gasteiger partial charge in [-0.2, -0.15) is 0 Å². The van der Waals surface area contributed by atoms with E-state index in [0.29, 0.717) is 35.0 Å². The Kier molecular flexibility index (Phi) is 8.40. The van der Waals surface area contributed by atoms with E-state index < -0.39 is 0 Å². The zero-order valence-electron chi connectivity index (χ0n) is 20.1. The van der Waals surface area contributed by atoms with Crippen molar-refractivity contribution in [3.63, 3.8) is 0 Å². The molecular formula is C28H28O7. The topological polar surface area (TPSA) is 94.5 Å². The molecule has 0 aliphatic rings. The van der Waals surface area contributed by atoms with Gasteiger partial charge in [-0.25, -0.2) is 0 Å². The third-order valence-corrected chi connectivity index (χ3v) is 5.34. The number of allylic oxidation sites excluding steroid dienone is 2. The summed E-state index contributed by atoms with van der Waals surface area (Å²) in [5, 5.41) is 19.7. The van der Waals surface area contributed by atoms with E-state index in [9.17, 15) is 15.0 Å². The highest BCUT2D eigenvalue weighted by Gasteiger charge is 2.13. The first-order valence-electron chi connectivity index (χ1n) is 10.8. The Bertz CT molecular complexity index is 1220. The lowest BCUT2D eigenvalue weighted by atomic mass is 10.0. The minimum atomic E-state index is -0.176. The van der Waals surface area contributed by atoms with Crippen LogP contribution in [-0.4, -0.2) is 44.4 Å². The summed E-state index contributed by atoms with van der Waals surface area (Å²) in [5.41, 5.74) is 2.88. The highest BCUT2D eigenvalue weighted by molar-refractivity contribution is 6.04. The molecule has 2 N–H and O–H groups in total. The highest BCUT2D eigenvalue weighted by Crippen LogP contribution is 2.39. The average Bonchev–Trinajstić information content (AvgIpc) is 2.87. The molecule has 0 bridgehead atoms. The average molecular weight is 477 g/mol. The molecular weight excluding hydrogens is 448 g/mol. The molecule has 0 aliphatic heterocycles. The predicted molar refractivity (Wildman–Crippen MR) is 135 cm³/mol. The highest BCUT2D eigenvalue weighted by atomic mass is 16.5. The van der Waals surface area contributed by atoms with E-state index >= 15 is 0 Å². The number of ether oxygens (including phenoxy) is 4. The van der Waals surface area contributed by atoms with Crippen LogP contribution in [0.25, 0.3) is 12.2 Å². The minimum Gasteiger partial charge on any atom is -0.508 e. The van der Waals surface area contributed by atoms with E-state index in [1.807, 2.05) is 24.3 Å². The van der Waals surface area contributed by atoms with Crippen molar-refractivity contribution in [3.05, 3.63) is 82.9 Å². The summed E-state index contributed by atoms with van der Waals surface area (Å²) in [6, 6.07) is 13.1. The molecule has 0 saturated heterocycles. The van der Waals surface area contributed by atoms with Crippen LogP contribution in [0.2, 0.25) is 0 Å². The molecule has 0 amide bonds. The van der Waals surface area contributed by atoms with Gasteiger partial charge in [-0.15, -0.1) is 0 Å². The van der Waals surface area contributed by atoms with Crippen LogP contribution >= 0.6 is 0 Å². The number of aromatic hydroxyl groups is 2. The monoisotopic (exact) mass is 476 g/mol. The minimum absolute atomic E-state index is 0.00458. The largest absolute Gasteiger partial charge is 0.508 e. The second kappa shape index (κ2) is 11.7. The fourth-order valence-corrected chi connectivity index (χ4v) is 3.52. The van der Waals surface area contributed by atoms with Crippen molar-refractivity contribution in [3.8, 4) is 34.5 Å². The van der Waals surface area contributed by atoms with Gasteiger partial charge in [0.15, 0.2) is 28.8 Å². The molecule has 7 heteroatoms. The Labute approximate surface area is 204 Å². The summed E-state index contributed by atoms with van der Waals surface area (Å²) < 4.78 is 21.5. The number of ketones is 1. The molecule has 0 saturated carbocycles. The van der Waals surface area contributed by atoms with E-state index in [1.165, 1.54) is 25.3 Å². The third-order valence-electron chi connectivity index (χ3n) is 5.34. The van der Waals surface area contributed by atoms with Crippen molar-refractivity contribution in [2.45, 2.75) is 6.42 Å². The molecule has 182 valence electrons. The maximum atomic E-state index is 12.4. The zero-order chi connectivity index (χ0) is 25.4. The third kappa shape index (κ3) is 6.14. The van der Waals surface area contributed by atoms with Gasteiger partial charge in [-0.1, -0.05) is 18.2 Å². The fraction of sp³-hybridized carbons (Fsp3) is 0.179. The number of methoxy groups -OCH3 is 4. The Morgan fingerprint density at radius 3 is 2.00 bits per heavy atom. The second-order valence-corrected chi connectivity index (χ2v) is 7.53. The van der Waals surface area contributed by atoms with Crippen molar-refractivity contribution in [2.24, 2.45) is 0 Å². The molecule has 3 rings (SSSR count). The number of hydrogen-bond acceptors (Lipinski definition) is 7. The maximum absolute atomic E-state index is 12.4. The molecule has 0 atom stereocenters. The van der Waals surface area contributed by atoms with Crippen LogP contribution in [0.5, 0.6) is 34.5 Å².